The van der Waals surface area contributed by atoms with E-state index < -0.39 is 35.0 Å². The van der Waals surface area contributed by atoms with Gasteiger partial charge in [-0.25, -0.2) is 8.78 Å². The van der Waals surface area contributed by atoms with Gasteiger partial charge in [0.1, 0.15) is 5.75 Å². The average Bonchev–Trinajstić information content (AvgIpc) is 2.95. The predicted molar refractivity (Wildman–Crippen MR) is 84.2 cm³/mol. The van der Waals surface area contributed by atoms with Crippen molar-refractivity contribution in [2.24, 2.45) is 0 Å². The summed E-state index contributed by atoms with van der Waals surface area (Å²) in [6.45, 7) is 0. The first-order valence-corrected chi connectivity index (χ1v) is 7.23. The minimum Gasteiger partial charge on any atom is -0.496 e. The summed E-state index contributed by atoms with van der Waals surface area (Å²) in [5, 5.41) is 2.66. The van der Waals surface area contributed by atoms with Crippen LogP contribution in [-0.2, 0) is 6.18 Å². The van der Waals surface area contributed by atoms with E-state index in [4.69, 9.17) is 4.74 Å². The summed E-state index contributed by atoms with van der Waals surface area (Å²) in [6.07, 6.45) is -3.30. The zero-order valence-electron chi connectivity index (χ0n) is 13.2. The molecule has 0 aliphatic heterocycles. The largest absolute Gasteiger partial charge is 0.496 e. The number of aromatic nitrogens is 1. The molecule has 9 heteroatoms. The van der Waals surface area contributed by atoms with Gasteiger partial charge in [-0.2, -0.15) is 13.2 Å². The van der Waals surface area contributed by atoms with Crippen LogP contribution in [0.2, 0.25) is 0 Å². The molecule has 26 heavy (non-hydrogen) atoms. The van der Waals surface area contributed by atoms with Crippen molar-refractivity contribution in [2.75, 3.05) is 12.4 Å². The lowest BCUT2D eigenvalue weighted by atomic mass is 10.1. The van der Waals surface area contributed by atoms with Crippen LogP contribution >= 0.6 is 0 Å². The van der Waals surface area contributed by atoms with Crippen molar-refractivity contribution >= 4 is 22.5 Å². The van der Waals surface area contributed by atoms with Gasteiger partial charge >= 0.3 is 6.18 Å². The van der Waals surface area contributed by atoms with Gasteiger partial charge in [-0.05, 0) is 24.3 Å². The van der Waals surface area contributed by atoms with Gasteiger partial charge in [-0.3, -0.25) is 4.79 Å². The van der Waals surface area contributed by atoms with E-state index in [1.165, 1.54) is 6.20 Å². The van der Waals surface area contributed by atoms with E-state index in [-0.39, 0.29) is 22.2 Å². The molecule has 0 aliphatic carbocycles. The number of carbonyl (C=O) groups is 1. The zero-order valence-corrected chi connectivity index (χ0v) is 13.2. The number of carbonyl (C=O) groups excluding carboxylic acids is 1. The number of hydrogen-bond donors (Lipinski definition) is 2. The topological polar surface area (TPSA) is 54.1 Å². The second kappa shape index (κ2) is 6.32. The first kappa shape index (κ1) is 17.7. The van der Waals surface area contributed by atoms with Crippen LogP contribution in [0.25, 0.3) is 10.9 Å². The Labute approximate surface area is 143 Å². The maximum absolute atomic E-state index is 13.4. The third-order valence-corrected chi connectivity index (χ3v) is 3.74. The van der Waals surface area contributed by atoms with E-state index in [2.05, 4.69) is 10.3 Å². The number of hydrogen-bond acceptors (Lipinski definition) is 2. The number of fused-ring (bicyclic) bond motifs is 1. The second-order valence-corrected chi connectivity index (χ2v) is 5.38. The van der Waals surface area contributed by atoms with E-state index in [0.29, 0.717) is 0 Å². The van der Waals surface area contributed by atoms with Crippen molar-refractivity contribution < 1.29 is 31.5 Å². The Balaban J connectivity index is 1.92. The summed E-state index contributed by atoms with van der Waals surface area (Å²) in [4.78, 5) is 15.0. The SMILES string of the molecule is COc1cc(C(=O)Nc2c[nH]c3cc(F)c(F)cc23)ccc1C(F)(F)F. The highest BCUT2D eigenvalue weighted by Crippen LogP contribution is 2.36. The van der Waals surface area contributed by atoms with E-state index >= 15 is 0 Å². The summed E-state index contributed by atoms with van der Waals surface area (Å²) in [5.74, 6) is -3.38. The Kier molecular flexibility index (Phi) is 4.31. The number of rotatable bonds is 3. The number of anilines is 1. The molecule has 0 saturated carbocycles. The van der Waals surface area contributed by atoms with Gasteiger partial charge in [-0.15, -0.1) is 0 Å². The smallest absolute Gasteiger partial charge is 0.419 e. The molecule has 4 nitrogen and oxygen atoms in total. The highest BCUT2D eigenvalue weighted by atomic mass is 19.4. The molecular formula is C17H11F5N2O2. The number of benzene rings is 2. The summed E-state index contributed by atoms with van der Waals surface area (Å²) in [5.41, 5.74) is -0.695. The number of H-pyrrole nitrogens is 1. The van der Waals surface area contributed by atoms with Gasteiger partial charge in [0.05, 0.1) is 23.9 Å². The third-order valence-electron chi connectivity index (χ3n) is 3.74. The normalized spacial score (nSPS) is 11.6. The van der Waals surface area contributed by atoms with E-state index in [9.17, 15) is 26.7 Å². The molecule has 0 fully saturated rings. The Morgan fingerprint density at radius 1 is 1.12 bits per heavy atom. The number of nitrogens with one attached hydrogen (secondary N) is 2. The average molecular weight is 370 g/mol. The lowest BCUT2D eigenvalue weighted by Crippen LogP contribution is -2.14. The Morgan fingerprint density at radius 3 is 2.46 bits per heavy atom. The molecule has 0 spiro atoms. The van der Waals surface area contributed by atoms with Crippen LogP contribution in [0.3, 0.4) is 0 Å². The minimum atomic E-state index is -4.63. The Bertz CT molecular complexity index is 995. The second-order valence-electron chi connectivity index (χ2n) is 5.38. The van der Waals surface area contributed by atoms with Crippen molar-refractivity contribution in [3.8, 4) is 5.75 Å². The van der Waals surface area contributed by atoms with Crippen molar-refractivity contribution in [3.63, 3.8) is 0 Å². The Hall–Kier alpha value is -3.10. The van der Waals surface area contributed by atoms with Crippen LogP contribution < -0.4 is 10.1 Å². The molecule has 0 saturated heterocycles. The van der Waals surface area contributed by atoms with Gasteiger partial charge in [0.25, 0.3) is 5.91 Å². The summed E-state index contributed by atoms with van der Waals surface area (Å²) in [6, 6.07) is 4.52. The third kappa shape index (κ3) is 3.19. The maximum Gasteiger partial charge on any atom is 0.419 e. The number of ether oxygens (including phenoxy) is 1. The number of aromatic amines is 1. The molecule has 0 radical (unpaired) electrons. The molecule has 3 rings (SSSR count). The van der Waals surface area contributed by atoms with Crippen molar-refractivity contribution in [2.45, 2.75) is 6.18 Å². The van der Waals surface area contributed by atoms with Crippen LogP contribution in [0.5, 0.6) is 5.75 Å². The molecule has 136 valence electrons. The maximum atomic E-state index is 13.4. The number of amides is 1. The predicted octanol–water partition coefficient (Wildman–Crippen LogP) is 4.73. The quantitative estimate of drug-likeness (QED) is 0.655. The highest BCUT2D eigenvalue weighted by Gasteiger charge is 2.34. The highest BCUT2D eigenvalue weighted by molar-refractivity contribution is 6.09. The molecule has 0 bridgehead atoms. The van der Waals surface area contributed by atoms with E-state index in [0.717, 1.165) is 37.4 Å². The molecule has 0 unspecified atom stereocenters. The van der Waals surface area contributed by atoms with E-state index in [1.807, 2.05) is 0 Å². The molecule has 1 heterocycles. The summed E-state index contributed by atoms with van der Waals surface area (Å²) < 4.78 is 69.9. The number of halogens is 5. The molecule has 0 aliphatic rings. The van der Waals surface area contributed by atoms with Gasteiger partial charge in [0.15, 0.2) is 11.6 Å². The lowest BCUT2D eigenvalue weighted by molar-refractivity contribution is -0.138. The minimum absolute atomic E-state index is 0.0909. The van der Waals surface area contributed by atoms with Crippen molar-refractivity contribution in [1.29, 1.82) is 0 Å². The van der Waals surface area contributed by atoms with Gasteiger partial charge in [-0.1, -0.05) is 0 Å². The fraction of sp³-hybridized carbons (Fsp3) is 0.118. The fourth-order valence-electron chi connectivity index (χ4n) is 2.48. The number of alkyl halides is 3. The molecule has 0 atom stereocenters. The molecule has 1 amide bonds. The van der Waals surface area contributed by atoms with Gasteiger partial charge in [0.2, 0.25) is 0 Å². The standard InChI is InChI=1S/C17H11F5N2O2/c1-26-15-4-8(2-3-10(15)17(20,21)22)16(25)24-14-7-23-13-6-12(19)11(18)5-9(13)14/h2-7,23H,1H3,(H,24,25). The molecular weight excluding hydrogens is 359 g/mol. The number of methoxy groups -OCH3 is 1. The fourth-order valence-corrected chi connectivity index (χ4v) is 2.48. The Morgan fingerprint density at radius 2 is 1.81 bits per heavy atom. The molecule has 1 aromatic heterocycles. The van der Waals surface area contributed by atoms with Crippen LogP contribution in [0.4, 0.5) is 27.6 Å². The lowest BCUT2D eigenvalue weighted by Gasteiger charge is -2.13. The monoisotopic (exact) mass is 370 g/mol. The summed E-state index contributed by atoms with van der Waals surface area (Å²) >= 11 is 0. The molecule has 2 N–H and O–H groups in total. The first-order chi connectivity index (χ1) is 12.2. The molecule has 2 aromatic carbocycles. The van der Waals surface area contributed by atoms with Crippen molar-refractivity contribution in [1.82, 2.24) is 4.98 Å². The zero-order chi connectivity index (χ0) is 19.1. The van der Waals surface area contributed by atoms with Crippen LogP contribution in [0.15, 0.2) is 36.5 Å². The summed E-state index contributed by atoms with van der Waals surface area (Å²) in [7, 11) is 1.06. The van der Waals surface area contributed by atoms with Gasteiger partial charge in [0, 0.05) is 23.2 Å². The van der Waals surface area contributed by atoms with Crippen molar-refractivity contribution in [3.05, 3.63) is 59.3 Å². The van der Waals surface area contributed by atoms with Crippen LogP contribution in [0, 0.1) is 11.6 Å². The molecule has 3 aromatic rings. The van der Waals surface area contributed by atoms with Crippen LogP contribution in [0.1, 0.15) is 15.9 Å². The van der Waals surface area contributed by atoms with Gasteiger partial charge < -0.3 is 15.0 Å². The first-order valence-electron chi connectivity index (χ1n) is 7.23. The van der Waals surface area contributed by atoms with E-state index in [1.54, 1.807) is 0 Å². The van der Waals surface area contributed by atoms with Crippen LogP contribution in [-0.4, -0.2) is 18.0 Å².